The summed E-state index contributed by atoms with van der Waals surface area (Å²) in [6.45, 7) is 3.29. The number of pyridine rings is 1. The van der Waals surface area contributed by atoms with E-state index in [0.29, 0.717) is 5.69 Å². The molecule has 1 heterocycles. The molecule has 0 spiro atoms. The van der Waals surface area contributed by atoms with Crippen molar-refractivity contribution in [3.8, 4) is 6.07 Å². The molecule has 1 aliphatic carbocycles. The largest absolute Gasteiger partial charge is 0.384 e. The molecule has 1 aromatic heterocycles. The monoisotopic (exact) mass is 187 g/mol. The standard InChI is InChI=1S/C11H13N3/c1-8-4-9(8)6-13-11-3-2-10(5-12)14-7-11/h2-3,7-9,13H,4,6H2,1H3. The fourth-order valence-corrected chi connectivity index (χ4v) is 1.50. The van der Waals surface area contributed by atoms with Gasteiger partial charge in [-0.25, -0.2) is 4.98 Å². The topological polar surface area (TPSA) is 48.7 Å². The van der Waals surface area contributed by atoms with Crippen molar-refractivity contribution in [1.82, 2.24) is 4.98 Å². The molecule has 1 saturated carbocycles. The van der Waals surface area contributed by atoms with Crippen molar-refractivity contribution in [2.45, 2.75) is 13.3 Å². The zero-order valence-electron chi connectivity index (χ0n) is 8.20. The fraction of sp³-hybridized carbons (Fsp3) is 0.455. The van der Waals surface area contributed by atoms with E-state index in [0.717, 1.165) is 24.1 Å². The van der Waals surface area contributed by atoms with Gasteiger partial charge < -0.3 is 5.32 Å². The lowest BCUT2D eigenvalue weighted by Gasteiger charge is -2.04. The van der Waals surface area contributed by atoms with Crippen molar-refractivity contribution >= 4 is 5.69 Å². The Morgan fingerprint density at radius 2 is 2.43 bits per heavy atom. The Morgan fingerprint density at radius 1 is 1.64 bits per heavy atom. The predicted molar refractivity (Wildman–Crippen MR) is 54.7 cm³/mol. The molecule has 0 saturated heterocycles. The highest BCUT2D eigenvalue weighted by molar-refractivity contribution is 5.42. The lowest BCUT2D eigenvalue weighted by molar-refractivity contribution is 0.787. The molecule has 0 bridgehead atoms. The molecule has 2 unspecified atom stereocenters. The van der Waals surface area contributed by atoms with E-state index in [2.05, 4.69) is 17.2 Å². The summed E-state index contributed by atoms with van der Waals surface area (Å²) < 4.78 is 0. The lowest BCUT2D eigenvalue weighted by Crippen LogP contribution is -2.04. The van der Waals surface area contributed by atoms with Crippen LogP contribution in [-0.2, 0) is 0 Å². The molecular formula is C11H13N3. The summed E-state index contributed by atoms with van der Waals surface area (Å²) in [5.41, 5.74) is 1.47. The highest BCUT2D eigenvalue weighted by atomic mass is 14.9. The van der Waals surface area contributed by atoms with Crippen LogP contribution >= 0.6 is 0 Å². The van der Waals surface area contributed by atoms with Crippen LogP contribution in [0.2, 0.25) is 0 Å². The molecule has 0 amide bonds. The van der Waals surface area contributed by atoms with Gasteiger partial charge in [0.2, 0.25) is 0 Å². The number of hydrogen-bond donors (Lipinski definition) is 1. The zero-order chi connectivity index (χ0) is 9.97. The average molecular weight is 187 g/mol. The van der Waals surface area contributed by atoms with Crippen LogP contribution in [0, 0.1) is 23.2 Å². The number of anilines is 1. The summed E-state index contributed by atoms with van der Waals surface area (Å²) in [6.07, 6.45) is 3.04. The summed E-state index contributed by atoms with van der Waals surface area (Å²) in [5.74, 6) is 1.69. The van der Waals surface area contributed by atoms with Gasteiger partial charge in [0.25, 0.3) is 0 Å². The molecule has 1 aromatic rings. The van der Waals surface area contributed by atoms with Crippen LogP contribution in [-0.4, -0.2) is 11.5 Å². The first-order chi connectivity index (χ1) is 6.79. The van der Waals surface area contributed by atoms with Crippen molar-refractivity contribution in [3.63, 3.8) is 0 Å². The third kappa shape index (κ3) is 2.02. The normalized spacial score (nSPS) is 24.0. The molecule has 2 atom stereocenters. The predicted octanol–water partition coefficient (Wildman–Crippen LogP) is 2.02. The second-order valence-corrected chi connectivity index (χ2v) is 3.90. The van der Waals surface area contributed by atoms with Gasteiger partial charge in [0, 0.05) is 6.54 Å². The van der Waals surface area contributed by atoms with Crippen LogP contribution < -0.4 is 5.32 Å². The first-order valence-electron chi connectivity index (χ1n) is 4.89. The van der Waals surface area contributed by atoms with E-state index in [-0.39, 0.29) is 0 Å². The van der Waals surface area contributed by atoms with Crippen molar-refractivity contribution in [2.24, 2.45) is 11.8 Å². The molecular weight excluding hydrogens is 174 g/mol. The molecule has 0 aromatic carbocycles. The van der Waals surface area contributed by atoms with Crippen molar-refractivity contribution in [2.75, 3.05) is 11.9 Å². The van der Waals surface area contributed by atoms with Crippen LogP contribution in [0.4, 0.5) is 5.69 Å². The van der Waals surface area contributed by atoms with E-state index >= 15 is 0 Å². The Balaban J connectivity index is 1.87. The third-order valence-electron chi connectivity index (χ3n) is 2.72. The average Bonchev–Trinajstić information content (AvgIpc) is 2.92. The molecule has 1 aliphatic rings. The van der Waals surface area contributed by atoms with Crippen molar-refractivity contribution in [1.29, 1.82) is 5.26 Å². The first-order valence-corrected chi connectivity index (χ1v) is 4.89. The smallest absolute Gasteiger partial charge is 0.140 e. The number of rotatable bonds is 3. The molecule has 3 heteroatoms. The molecule has 2 rings (SSSR count). The zero-order valence-corrected chi connectivity index (χ0v) is 8.20. The summed E-state index contributed by atoms with van der Waals surface area (Å²) in [5, 5.41) is 11.9. The summed E-state index contributed by atoms with van der Waals surface area (Å²) in [7, 11) is 0. The van der Waals surface area contributed by atoms with Crippen LogP contribution in [0.3, 0.4) is 0 Å². The Kier molecular flexibility index (Phi) is 2.36. The molecule has 1 fully saturated rings. The highest BCUT2D eigenvalue weighted by Crippen LogP contribution is 2.37. The van der Waals surface area contributed by atoms with Crippen molar-refractivity contribution in [3.05, 3.63) is 24.0 Å². The van der Waals surface area contributed by atoms with E-state index in [4.69, 9.17) is 5.26 Å². The van der Waals surface area contributed by atoms with Crippen LogP contribution in [0.5, 0.6) is 0 Å². The quantitative estimate of drug-likeness (QED) is 0.787. The van der Waals surface area contributed by atoms with Crippen LogP contribution in [0.15, 0.2) is 18.3 Å². The van der Waals surface area contributed by atoms with Gasteiger partial charge in [-0.05, 0) is 30.4 Å². The number of nitrogens with one attached hydrogen (secondary N) is 1. The second-order valence-electron chi connectivity index (χ2n) is 3.90. The Hall–Kier alpha value is -1.56. The Morgan fingerprint density at radius 3 is 2.93 bits per heavy atom. The van der Waals surface area contributed by atoms with Gasteiger partial charge in [0.15, 0.2) is 0 Å². The maximum absolute atomic E-state index is 8.56. The van der Waals surface area contributed by atoms with E-state index < -0.39 is 0 Å². The van der Waals surface area contributed by atoms with Crippen LogP contribution in [0.1, 0.15) is 19.0 Å². The summed E-state index contributed by atoms with van der Waals surface area (Å²) >= 11 is 0. The first kappa shape index (κ1) is 9.01. The number of nitrogens with zero attached hydrogens (tertiary/aromatic N) is 2. The number of aromatic nitrogens is 1. The van der Waals surface area contributed by atoms with E-state index in [1.54, 1.807) is 12.3 Å². The van der Waals surface area contributed by atoms with E-state index in [1.807, 2.05) is 12.1 Å². The third-order valence-corrected chi connectivity index (χ3v) is 2.72. The molecule has 3 nitrogen and oxygen atoms in total. The Labute approximate surface area is 83.8 Å². The van der Waals surface area contributed by atoms with E-state index in [9.17, 15) is 0 Å². The minimum absolute atomic E-state index is 0.468. The minimum atomic E-state index is 0.468. The number of nitriles is 1. The Bertz CT molecular complexity index is 350. The molecule has 0 radical (unpaired) electrons. The highest BCUT2D eigenvalue weighted by Gasteiger charge is 2.31. The second kappa shape index (κ2) is 3.67. The van der Waals surface area contributed by atoms with E-state index in [1.165, 1.54) is 6.42 Å². The van der Waals surface area contributed by atoms with Crippen LogP contribution in [0.25, 0.3) is 0 Å². The summed E-state index contributed by atoms with van der Waals surface area (Å²) in [4.78, 5) is 3.99. The van der Waals surface area contributed by atoms with Gasteiger partial charge >= 0.3 is 0 Å². The molecule has 0 aliphatic heterocycles. The fourth-order valence-electron chi connectivity index (χ4n) is 1.50. The lowest BCUT2D eigenvalue weighted by atomic mass is 10.3. The number of hydrogen-bond acceptors (Lipinski definition) is 3. The maximum atomic E-state index is 8.56. The van der Waals surface area contributed by atoms with Gasteiger partial charge in [-0.3, -0.25) is 0 Å². The SMILES string of the molecule is CC1CC1CNc1ccc(C#N)nc1. The molecule has 1 N–H and O–H groups in total. The molecule has 14 heavy (non-hydrogen) atoms. The van der Waals surface area contributed by atoms with Gasteiger partial charge in [-0.1, -0.05) is 6.92 Å². The van der Waals surface area contributed by atoms with Crippen molar-refractivity contribution < 1.29 is 0 Å². The molecule has 72 valence electrons. The van der Waals surface area contributed by atoms with Gasteiger partial charge in [0.05, 0.1) is 11.9 Å². The van der Waals surface area contributed by atoms with Gasteiger partial charge in [-0.2, -0.15) is 5.26 Å². The van der Waals surface area contributed by atoms with Gasteiger partial charge in [-0.15, -0.1) is 0 Å². The minimum Gasteiger partial charge on any atom is -0.384 e. The van der Waals surface area contributed by atoms with Gasteiger partial charge in [0.1, 0.15) is 11.8 Å². The maximum Gasteiger partial charge on any atom is 0.140 e. The summed E-state index contributed by atoms with van der Waals surface area (Å²) in [6, 6.07) is 5.64.